The summed E-state index contributed by atoms with van der Waals surface area (Å²) in [6.07, 6.45) is 1.51. The highest BCUT2D eigenvalue weighted by molar-refractivity contribution is 9.10. The number of anilines is 1. The maximum absolute atomic E-state index is 12.2. The van der Waals surface area contributed by atoms with Crippen molar-refractivity contribution in [1.29, 1.82) is 0 Å². The molecule has 22 heavy (non-hydrogen) atoms. The number of halogens is 2. The number of aromatic nitrogens is 1. The van der Waals surface area contributed by atoms with E-state index in [9.17, 15) is 9.59 Å². The second-order valence-electron chi connectivity index (χ2n) is 4.39. The zero-order chi connectivity index (χ0) is 16.1. The Hall–Kier alpha value is -1.92. The van der Waals surface area contributed by atoms with Gasteiger partial charge in [0, 0.05) is 28.5 Å². The SMILES string of the molecule is CCNC(=O)c1cccc(NC(=O)c2cc(Br)cnc2Cl)c1. The number of carbonyl (C=O) groups is 2. The van der Waals surface area contributed by atoms with Crippen molar-refractivity contribution < 1.29 is 9.59 Å². The van der Waals surface area contributed by atoms with Crippen molar-refractivity contribution in [2.45, 2.75) is 6.92 Å². The largest absolute Gasteiger partial charge is 0.352 e. The Morgan fingerprint density at radius 1 is 1.27 bits per heavy atom. The van der Waals surface area contributed by atoms with Crippen molar-refractivity contribution >= 4 is 45.0 Å². The number of nitrogens with zero attached hydrogens (tertiary/aromatic N) is 1. The number of hydrogen-bond acceptors (Lipinski definition) is 3. The molecule has 0 spiro atoms. The molecule has 0 atom stereocenters. The second kappa shape index (κ2) is 7.38. The van der Waals surface area contributed by atoms with E-state index in [1.54, 1.807) is 30.3 Å². The molecule has 7 heteroatoms. The number of amides is 2. The van der Waals surface area contributed by atoms with E-state index in [1.165, 1.54) is 6.20 Å². The molecule has 2 rings (SSSR count). The Balaban J connectivity index is 2.20. The lowest BCUT2D eigenvalue weighted by Gasteiger charge is -2.08. The van der Waals surface area contributed by atoms with Crippen molar-refractivity contribution in [3.63, 3.8) is 0 Å². The first-order valence-corrected chi connectivity index (χ1v) is 7.69. The highest BCUT2D eigenvalue weighted by Crippen LogP contribution is 2.20. The molecule has 2 N–H and O–H groups in total. The molecule has 2 amide bonds. The van der Waals surface area contributed by atoms with Crippen LogP contribution in [-0.2, 0) is 0 Å². The fourth-order valence-corrected chi connectivity index (χ4v) is 2.30. The number of nitrogens with one attached hydrogen (secondary N) is 2. The first-order chi connectivity index (χ1) is 10.5. The minimum atomic E-state index is -0.396. The molecule has 2 aromatic rings. The van der Waals surface area contributed by atoms with Gasteiger partial charge < -0.3 is 10.6 Å². The van der Waals surface area contributed by atoms with Crippen LogP contribution in [0.4, 0.5) is 5.69 Å². The maximum atomic E-state index is 12.2. The van der Waals surface area contributed by atoms with Gasteiger partial charge in [0.1, 0.15) is 5.15 Å². The zero-order valence-corrected chi connectivity index (χ0v) is 14.0. The van der Waals surface area contributed by atoms with Crippen molar-refractivity contribution in [1.82, 2.24) is 10.3 Å². The Morgan fingerprint density at radius 2 is 2.05 bits per heavy atom. The summed E-state index contributed by atoms with van der Waals surface area (Å²) in [6.45, 7) is 2.38. The van der Waals surface area contributed by atoms with E-state index in [1.807, 2.05) is 6.92 Å². The van der Waals surface area contributed by atoms with E-state index in [-0.39, 0.29) is 16.6 Å². The van der Waals surface area contributed by atoms with Gasteiger partial charge in [0.05, 0.1) is 5.56 Å². The summed E-state index contributed by atoms with van der Waals surface area (Å²) in [6, 6.07) is 8.25. The van der Waals surface area contributed by atoms with Gasteiger partial charge in [-0.15, -0.1) is 0 Å². The Kier molecular flexibility index (Phi) is 5.51. The van der Waals surface area contributed by atoms with Crippen LogP contribution in [0.3, 0.4) is 0 Å². The molecule has 0 unspecified atom stereocenters. The average molecular weight is 383 g/mol. The van der Waals surface area contributed by atoms with Gasteiger partial charge in [-0.25, -0.2) is 4.98 Å². The second-order valence-corrected chi connectivity index (χ2v) is 5.66. The van der Waals surface area contributed by atoms with E-state index in [2.05, 4.69) is 31.5 Å². The third kappa shape index (κ3) is 4.05. The van der Waals surface area contributed by atoms with Crippen LogP contribution in [-0.4, -0.2) is 23.3 Å². The lowest BCUT2D eigenvalue weighted by atomic mass is 10.1. The van der Waals surface area contributed by atoms with Crippen LogP contribution in [0.2, 0.25) is 5.15 Å². The van der Waals surface area contributed by atoms with Gasteiger partial charge in [-0.1, -0.05) is 17.7 Å². The molecular formula is C15H13BrClN3O2. The Bertz CT molecular complexity index is 722. The summed E-state index contributed by atoms with van der Waals surface area (Å²) in [5.41, 5.74) is 1.22. The van der Waals surface area contributed by atoms with Crippen molar-refractivity contribution in [3.05, 3.63) is 57.3 Å². The maximum Gasteiger partial charge on any atom is 0.258 e. The van der Waals surface area contributed by atoms with Crippen molar-refractivity contribution in [2.24, 2.45) is 0 Å². The summed E-state index contributed by atoms with van der Waals surface area (Å²) in [5.74, 6) is -0.590. The van der Waals surface area contributed by atoms with Gasteiger partial charge in [0.2, 0.25) is 0 Å². The first kappa shape index (κ1) is 16.5. The quantitative estimate of drug-likeness (QED) is 0.795. The number of rotatable bonds is 4. The van der Waals surface area contributed by atoms with Crippen LogP contribution in [0.15, 0.2) is 41.0 Å². The predicted octanol–water partition coefficient (Wildman–Crippen LogP) is 3.50. The summed E-state index contributed by atoms with van der Waals surface area (Å²) in [7, 11) is 0. The van der Waals surface area contributed by atoms with Crippen LogP contribution >= 0.6 is 27.5 Å². The molecule has 5 nitrogen and oxygen atoms in total. The van der Waals surface area contributed by atoms with Gasteiger partial charge in [-0.2, -0.15) is 0 Å². The minimum Gasteiger partial charge on any atom is -0.352 e. The molecule has 0 aliphatic heterocycles. The number of pyridine rings is 1. The fourth-order valence-electron chi connectivity index (χ4n) is 1.78. The molecule has 114 valence electrons. The molecule has 1 heterocycles. The van der Waals surface area contributed by atoms with Gasteiger partial charge in [-0.3, -0.25) is 9.59 Å². The summed E-state index contributed by atoms with van der Waals surface area (Å²) in [4.78, 5) is 27.9. The molecule has 0 aliphatic rings. The topological polar surface area (TPSA) is 71.1 Å². The molecular weight excluding hydrogens is 370 g/mol. The highest BCUT2D eigenvalue weighted by atomic mass is 79.9. The highest BCUT2D eigenvalue weighted by Gasteiger charge is 2.13. The molecule has 0 bridgehead atoms. The summed E-state index contributed by atoms with van der Waals surface area (Å²) in [5, 5.41) is 5.51. The van der Waals surface area contributed by atoms with E-state index in [0.29, 0.717) is 22.3 Å². The Morgan fingerprint density at radius 3 is 2.77 bits per heavy atom. The van der Waals surface area contributed by atoms with E-state index < -0.39 is 5.91 Å². The van der Waals surface area contributed by atoms with E-state index in [0.717, 1.165) is 0 Å². The van der Waals surface area contributed by atoms with Gasteiger partial charge in [-0.05, 0) is 47.1 Å². The van der Waals surface area contributed by atoms with Crippen LogP contribution in [0.1, 0.15) is 27.6 Å². The monoisotopic (exact) mass is 381 g/mol. The van der Waals surface area contributed by atoms with E-state index >= 15 is 0 Å². The minimum absolute atomic E-state index is 0.112. The summed E-state index contributed by atoms with van der Waals surface area (Å²) >= 11 is 9.17. The standard InChI is InChI=1S/C15H13BrClN3O2/c1-2-18-14(21)9-4-3-5-11(6-9)20-15(22)12-7-10(16)8-19-13(12)17/h3-8H,2H2,1H3,(H,18,21)(H,20,22). The van der Waals surface area contributed by atoms with Crippen LogP contribution in [0.5, 0.6) is 0 Å². The third-order valence-electron chi connectivity index (χ3n) is 2.77. The molecule has 0 aliphatic carbocycles. The number of hydrogen-bond donors (Lipinski definition) is 2. The Labute approximate surface area is 141 Å². The van der Waals surface area contributed by atoms with Crippen molar-refractivity contribution in [2.75, 3.05) is 11.9 Å². The fraction of sp³-hybridized carbons (Fsp3) is 0.133. The average Bonchev–Trinajstić information content (AvgIpc) is 2.50. The predicted molar refractivity (Wildman–Crippen MR) is 89.3 cm³/mol. The number of carbonyl (C=O) groups excluding carboxylic acids is 2. The van der Waals surface area contributed by atoms with E-state index in [4.69, 9.17) is 11.6 Å². The van der Waals surface area contributed by atoms with Crippen LogP contribution < -0.4 is 10.6 Å². The smallest absolute Gasteiger partial charge is 0.258 e. The normalized spacial score (nSPS) is 10.1. The molecule has 0 saturated carbocycles. The number of benzene rings is 1. The molecule has 1 aromatic carbocycles. The van der Waals surface area contributed by atoms with Crippen molar-refractivity contribution in [3.8, 4) is 0 Å². The lowest BCUT2D eigenvalue weighted by molar-refractivity contribution is 0.0954. The summed E-state index contributed by atoms with van der Waals surface area (Å²) < 4.78 is 0.651. The lowest BCUT2D eigenvalue weighted by Crippen LogP contribution is -2.22. The van der Waals surface area contributed by atoms with Crippen LogP contribution in [0, 0.1) is 0 Å². The van der Waals surface area contributed by atoms with Crippen LogP contribution in [0.25, 0.3) is 0 Å². The van der Waals surface area contributed by atoms with Gasteiger partial charge >= 0.3 is 0 Å². The van der Waals surface area contributed by atoms with Gasteiger partial charge in [0.25, 0.3) is 11.8 Å². The molecule has 1 aromatic heterocycles. The molecule has 0 saturated heterocycles. The van der Waals surface area contributed by atoms with Gasteiger partial charge in [0.15, 0.2) is 0 Å². The third-order valence-corrected chi connectivity index (χ3v) is 3.51. The first-order valence-electron chi connectivity index (χ1n) is 6.52. The zero-order valence-electron chi connectivity index (χ0n) is 11.7. The molecule has 0 fully saturated rings. The molecule has 0 radical (unpaired) electrons.